The molecular formula is C9H14N2O4. The first-order valence-electron chi connectivity index (χ1n) is 4.78. The van der Waals surface area contributed by atoms with Crippen molar-refractivity contribution in [3.63, 3.8) is 0 Å². The second kappa shape index (κ2) is 4.77. The predicted molar refractivity (Wildman–Crippen MR) is 51.1 cm³/mol. The van der Waals surface area contributed by atoms with Crippen LogP contribution in [-0.4, -0.2) is 46.9 Å². The molecule has 6 nitrogen and oxygen atoms in total. The smallest absolute Gasteiger partial charge is 0.305 e. The van der Waals surface area contributed by atoms with E-state index in [0.717, 1.165) is 0 Å². The third kappa shape index (κ3) is 3.57. The van der Waals surface area contributed by atoms with Crippen LogP contribution >= 0.6 is 0 Å². The summed E-state index contributed by atoms with van der Waals surface area (Å²) >= 11 is 0. The minimum Gasteiger partial charge on any atom is -0.481 e. The fraction of sp³-hybridized carbons (Fsp3) is 0.667. The zero-order chi connectivity index (χ0) is 11.4. The lowest BCUT2D eigenvalue weighted by molar-refractivity contribution is -0.138. The largest absolute Gasteiger partial charge is 0.481 e. The lowest BCUT2D eigenvalue weighted by Gasteiger charge is -2.21. The normalized spacial score (nSPS) is 22.2. The van der Waals surface area contributed by atoms with Crippen molar-refractivity contribution in [2.45, 2.75) is 25.8 Å². The Morgan fingerprint density at radius 2 is 2.27 bits per heavy atom. The summed E-state index contributed by atoms with van der Waals surface area (Å²) in [6, 6.07) is -0.127. The quantitative estimate of drug-likeness (QED) is 0.602. The van der Waals surface area contributed by atoms with E-state index in [2.05, 4.69) is 5.32 Å². The summed E-state index contributed by atoms with van der Waals surface area (Å²) < 4.78 is 0. The van der Waals surface area contributed by atoms with Gasteiger partial charge in [-0.05, 0) is 6.92 Å². The van der Waals surface area contributed by atoms with Crippen LogP contribution in [0, 0.1) is 0 Å². The monoisotopic (exact) mass is 214 g/mol. The van der Waals surface area contributed by atoms with Crippen molar-refractivity contribution in [1.82, 2.24) is 10.2 Å². The molecule has 1 saturated heterocycles. The number of hydrogen-bond acceptors (Lipinski definition) is 3. The second-order valence-corrected chi connectivity index (χ2v) is 3.63. The van der Waals surface area contributed by atoms with Crippen molar-refractivity contribution >= 4 is 17.8 Å². The summed E-state index contributed by atoms with van der Waals surface area (Å²) in [6.45, 7) is 2.32. The van der Waals surface area contributed by atoms with Gasteiger partial charge in [0.05, 0.1) is 6.42 Å². The van der Waals surface area contributed by atoms with Crippen LogP contribution in [0.1, 0.15) is 19.8 Å². The molecular weight excluding hydrogens is 200 g/mol. The summed E-state index contributed by atoms with van der Waals surface area (Å²) in [5, 5.41) is 11.1. The van der Waals surface area contributed by atoms with E-state index in [4.69, 9.17) is 5.11 Å². The number of nitrogens with one attached hydrogen (secondary N) is 1. The predicted octanol–water partition coefficient (Wildman–Crippen LogP) is -0.802. The van der Waals surface area contributed by atoms with E-state index in [0.29, 0.717) is 6.54 Å². The molecule has 0 aliphatic carbocycles. The second-order valence-electron chi connectivity index (χ2n) is 3.63. The zero-order valence-electron chi connectivity index (χ0n) is 8.52. The third-order valence-corrected chi connectivity index (χ3v) is 2.16. The summed E-state index contributed by atoms with van der Waals surface area (Å²) in [5.74, 6) is -1.55. The summed E-state index contributed by atoms with van der Waals surface area (Å²) in [5.41, 5.74) is 0. The Bertz CT molecular complexity index is 290. The van der Waals surface area contributed by atoms with Crippen molar-refractivity contribution in [2.24, 2.45) is 0 Å². The van der Waals surface area contributed by atoms with Crippen molar-refractivity contribution in [3.05, 3.63) is 0 Å². The summed E-state index contributed by atoms with van der Waals surface area (Å²) in [7, 11) is 0. The number of carbonyl (C=O) groups is 3. The number of rotatable bonds is 3. The first-order chi connectivity index (χ1) is 6.99. The molecule has 84 valence electrons. The molecule has 1 unspecified atom stereocenters. The maximum atomic E-state index is 11.5. The molecule has 0 aromatic heterocycles. The first-order valence-corrected chi connectivity index (χ1v) is 4.78. The Labute approximate surface area is 87.2 Å². The van der Waals surface area contributed by atoms with Crippen LogP contribution in [0.25, 0.3) is 0 Å². The third-order valence-electron chi connectivity index (χ3n) is 2.16. The maximum absolute atomic E-state index is 11.5. The number of amides is 2. The molecule has 1 fully saturated rings. The van der Waals surface area contributed by atoms with Crippen LogP contribution in [0.3, 0.4) is 0 Å². The number of carboxylic acids is 1. The van der Waals surface area contributed by atoms with Gasteiger partial charge >= 0.3 is 5.97 Å². The van der Waals surface area contributed by atoms with Crippen LogP contribution in [0.5, 0.6) is 0 Å². The van der Waals surface area contributed by atoms with Crippen LogP contribution in [0.2, 0.25) is 0 Å². The van der Waals surface area contributed by atoms with Gasteiger partial charge in [0.25, 0.3) is 0 Å². The Hall–Kier alpha value is -1.59. The highest BCUT2D eigenvalue weighted by molar-refractivity contribution is 5.97. The molecule has 1 aliphatic rings. The van der Waals surface area contributed by atoms with Gasteiger partial charge < -0.3 is 15.3 Å². The minimum atomic E-state index is -0.945. The number of nitrogens with zero attached hydrogens (tertiary/aromatic N) is 1. The molecule has 2 amide bonds. The fourth-order valence-electron chi connectivity index (χ4n) is 1.50. The first kappa shape index (κ1) is 11.5. The molecule has 0 spiro atoms. The summed E-state index contributed by atoms with van der Waals surface area (Å²) in [6.07, 6.45) is -0.281. The molecule has 1 atom stereocenters. The SMILES string of the molecule is CC1CN(CCC(=O)O)C(=O)CC(=O)N1. The van der Waals surface area contributed by atoms with E-state index in [1.807, 2.05) is 0 Å². The molecule has 1 rings (SSSR count). The molecule has 1 aliphatic heterocycles. The van der Waals surface area contributed by atoms with Crippen LogP contribution in [-0.2, 0) is 14.4 Å². The average Bonchev–Trinajstić information content (AvgIpc) is 2.21. The van der Waals surface area contributed by atoms with Gasteiger partial charge in [0.15, 0.2) is 0 Å². The Balaban J connectivity index is 2.57. The van der Waals surface area contributed by atoms with Gasteiger partial charge in [0, 0.05) is 19.1 Å². The van der Waals surface area contributed by atoms with Gasteiger partial charge in [-0.3, -0.25) is 14.4 Å². The number of carbonyl (C=O) groups excluding carboxylic acids is 2. The minimum absolute atomic E-state index is 0.0906. The van der Waals surface area contributed by atoms with E-state index in [1.165, 1.54) is 4.90 Å². The van der Waals surface area contributed by atoms with E-state index in [9.17, 15) is 14.4 Å². The molecule has 0 bridgehead atoms. The van der Waals surface area contributed by atoms with Crippen molar-refractivity contribution in [1.29, 1.82) is 0 Å². The maximum Gasteiger partial charge on any atom is 0.305 e. The molecule has 0 radical (unpaired) electrons. The van der Waals surface area contributed by atoms with E-state index >= 15 is 0 Å². The highest BCUT2D eigenvalue weighted by Gasteiger charge is 2.24. The molecule has 0 aromatic carbocycles. The zero-order valence-corrected chi connectivity index (χ0v) is 8.52. The van der Waals surface area contributed by atoms with Crippen molar-refractivity contribution in [2.75, 3.05) is 13.1 Å². The highest BCUT2D eigenvalue weighted by atomic mass is 16.4. The molecule has 0 aromatic rings. The van der Waals surface area contributed by atoms with Gasteiger partial charge in [-0.1, -0.05) is 0 Å². The van der Waals surface area contributed by atoms with Gasteiger partial charge in [0.1, 0.15) is 6.42 Å². The molecule has 6 heteroatoms. The standard InChI is InChI=1S/C9H14N2O4/c1-6-5-11(3-2-9(14)15)8(13)4-7(12)10-6/h6H,2-5H2,1H3,(H,10,12)(H,14,15). The Morgan fingerprint density at radius 3 is 2.87 bits per heavy atom. The molecule has 0 saturated carbocycles. The van der Waals surface area contributed by atoms with Gasteiger partial charge in [-0.2, -0.15) is 0 Å². The van der Waals surface area contributed by atoms with Crippen molar-refractivity contribution < 1.29 is 19.5 Å². The Kier molecular flexibility index (Phi) is 3.65. The number of hydrogen-bond donors (Lipinski definition) is 2. The van der Waals surface area contributed by atoms with Gasteiger partial charge in [-0.25, -0.2) is 0 Å². The number of carboxylic acid groups (broad SMARTS) is 1. The lowest BCUT2D eigenvalue weighted by Crippen LogP contribution is -2.39. The lowest BCUT2D eigenvalue weighted by atomic mass is 10.3. The van der Waals surface area contributed by atoms with Crippen LogP contribution in [0.4, 0.5) is 0 Å². The molecule has 2 N–H and O–H groups in total. The molecule has 15 heavy (non-hydrogen) atoms. The topological polar surface area (TPSA) is 86.7 Å². The van der Waals surface area contributed by atoms with E-state index < -0.39 is 5.97 Å². The highest BCUT2D eigenvalue weighted by Crippen LogP contribution is 2.04. The average molecular weight is 214 g/mol. The van der Waals surface area contributed by atoms with Gasteiger partial charge in [-0.15, -0.1) is 0 Å². The van der Waals surface area contributed by atoms with Crippen molar-refractivity contribution in [3.8, 4) is 0 Å². The Morgan fingerprint density at radius 1 is 1.60 bits per heavy atom. The van der Waals surface area contributed by atoms with E-state index in [-0.39, 0.29) is 37.2 Å². The fourth-order valence-corrected chi connectivity index (χ4v) is 1.50. The van der Waals surface area contributed by atoms with Gasteiger partial charge in [0.2, 0.25) is 11.8 Å². The van der Waals surface area contributed by atoms with Crippen LogP contribution < -0.4 is 5.32 Å². The molecule has 1 heterocycles. The van der Waals surface area contributed by atoms with Crippen LogP contribution in [0.15, 0.2) is 0 Å². The van der Waals surface area contributed by atoms with E-state index in [1.54, 1.807) is 6.92 Å². The summed E-state index contributed by atoms with van der Waals surface area (Å²) in [4.78, 5) is 34.3. The number of aliphatic carboxylic acids is 1.